The molecule has 8 aliphatic rings. The molecule has 0 aromatic heterocycles. The Morgan fingerprint density at radius 2 is 0.872 bits per heavy atom. The van der Waals surface area contributed by atoms with Gasteiger partial charge in [-0.1, -0.05) is 72.6 Å². The molecule has 8 saturated carbocycles. The minimum Gasteiger partial charge on any atom is -0.462 e. The zero-order valence-electron chi connectivity index (χ0n) is 44.8. The van der Waals surface area contributed by atoms with Crippen LogP contribution in [0, 0.1) is 45.3 Å². The Kier molecular flexibility index (Phi) is 18.0. The summed E-state index contributed by atoms with van der Waals surface area (Å²) in [4.78, 5) is 23.1. The van der Waals surface area contributed by atoms with E-state index in [2.05, 4.69) is 26.0 Å². The van der Waals surface area contributed by atoms with E-state index in [1.165, 1.54) is 25.0 Å². The van der Waals surface area contributed by atoms with E-state index in [0.717, 1.165) is 113 Å². The Morgan fingerprint density at radius 3 is 1.19 bits per heavy atom. The van der Waals surface area contributed by atoms with E-state index in [4.69, 9.17) is 9.47 Å². The molecule has 8 rings (SSSR count). The summed E-state index contributed by atoms with van der Waals surface area (Å²) in [6.07, 6.45) is -0.0701. The van der Waals surface area contributed by atoms with Gasteiger partial charge in [0.2, 0.25) is 0 Å². The molecule has 8 aliphatic carbocycles. The number of rotatable bonds is 12. The second-order valence-corrected chi connectivity index (χ2v) is 24.7. The monoisotopic (exact) mass is 1130 g/mol. The number of allylic oxidation sites excluding steroid dienone is 8. The van der Waals surface area contributed by atoms with Gasteiger partial charge in [0.1, 0.15) is 12.2 Å². The van der Waals surface area contributed by atoms with Gasteiger partial charge in [-0.3, -0.25) is 9.59 Å². The molecule has 8 fully saturated rings. The van der Waals surface area contributed by atoms with E-state index in [-0.39, 0.29) is 76.6 Å². The van der Waals surface area contributed by atoms with Crippen molar-refractivity contribution in [2.75, 3.05) is 0 Å². The molecule has 0 radical (unpaired) electrons. The maximum absolute atomic E-state index is 13.1. The van der Waals surface area contributed by atoms with Crippen LogP contribution in [0.15, 0.2) is 70.9 Å². The summed E-state index contributed by atoms with van der Waals surface area (Å²) in [5.41, 5.74) is -6.00. The number of carbonyl (C=O) groups excluding carboxylic acids is 2. The third-order valence-electron chi connectivity index (χ3n) is 19.5. The fraction of sp³-hybridized carbons (Fsp3) is 0.759. The van der Waals surface area contributed by atoms with Gasteiger partial charge in [0.05, 0.1) is 12.2 Å². The molecule has 0 aliphatic heterocycles. The summed E-state index contributed by atoms with van der Waals surface area (Å²) >= 11 is 0. The first-order valence-corrected chi connectivity index (χ1v) is 27.6. The van der Waals surface area contributed by atoms with Crippen molar-refractivity contribution in [3.05, 3.63) is 70.9 Å². The molecule has 0 spiro atoms. The molecule has 0 saturated heterocycles. The highest BCUT2D eigenvalue weighted by Crippen LogP contribution is 2.71. The third kappa shape index (κ3) is 13.0. The first-order valence-electron chi connectivity index (χ1n) is 27.6. The van der Waals surface area contributed by atoms with Crippen molar-refractivity contribution in [2.45, 2.75) is 229 Å². The average molecular weight is 1130 g/mol. The molecule has 78 heavy (non-hydrogen) atoms. The van der Waals surface area contributed by atoms with E-state index >= 15 is 0 Å². The standard InChI is InChI=1S/C31H40F6O5.C27H36F6O3/c1-19(38)41-23-16-21(17-24(18-23)42-20(2)39)7-8-22-6-4-11-27(3)25(22)9-10-26(27)28(14-15-28)12-5-13-29(40,30(32,33)34)31(35,36)37;1-23-9-2-4-18(6-5-17-14-19(34)16-20(35)15-17)21(23)7-8-22(23)24(12-13-24)10-3-11-25(36,26(28,29)30)27(31,32)33/h5,7-8,13,23-26,40H,4,6,9-12,14-18H2,1-3H3;3,5-6,11,19-22,34-36H,2,4,7-10,12-16H2,1H3/b13-5-,21-7?,22-8+;11-3-,17-5?,18-6+/t23-,24?,25?,26?,27+;19-,20?,21?,22?,23+/m11/s1. The number of carbonyl (C=O) groups is 2. The molecule has 8 nitrogen and oxygen atoms in total. The van der Waals surface area contributed by atoms with Crippen LogP contribution >= 0.6 is 0 Å². The molecule has 0 bridgehead atoms. The minimum atomic E-state index is -5.87. The summed E-state index contributed by atoms with van der Waals surface area (Å²) < 4.78 is 168. The quantitative estimate of drug-likeness (QED) is 0.0863. The third-order valence-corrected chi connectivity index (χ3v) is 19.5. The van der Waals surface area contributed by atoms with Crippen molar-refractivity contribution in [1.82, 2.24) is 0 Å². The van der Waals surface area contributed by atoms with Gasteiger partial charge in [0.25, 0.3) is 11.2 Å². The molecule has 0 aromatic rings. The number of halogens is 12. The lowest BCUT2D eigenvalue weighted by Crippen LogP contribution is -2.55. The number of alkyl halides is 12. The van der Waals surface area contributed by atoms with Crippen LogP contribution in [-0.4, -0.2) is 92.7 Å². The van der Waals surface area contributed by atoms with Gasteiger partial charge in [-0.2, -0.15) is 52.7 Å². The lowest BCUT2D eigenvalue weighted by atomic mass is 9.59. The van der Waals surface area contributed by atoms with E-state index in [1.807, 2.05) is 12.2 Å². The lowest BCUT2D eigenvalue weighted by molar-refractivity contribution is -0.348. The Bertz CT molecular complexity index is 2300. The second kappa shape index (κ2) is 22.6. The Labute approximate surface area is 448 Å². The van der Waals surface area contributed by atoms with Gasteiger partial charge < -0.3 is 29.9 Å². The highest BCUT2D eigenvalue weighted by atomic mass is 19.4. The second-order valence-electron chi connectivity index (χ2n) is 24.7. The number of hydrogen-bond acceptors (Lipinski definition) is 8. The summed E-state index contributed by atoms with van der Waals surface area (Å²) in [7, 11) is 0. The molecule has 10 atom stereocenters. The van der Waals surface area contributed by atoms with E-state index < -0.39 is 60.1 Å². The fourth-order valence-electron chi connectivity index (χ4n) is 15.5. The van der Waals surface area contributed by atoms with Gasteiger partial charge in [-0.15, -0.1) is 0 Å². The van der Waals surface area contributed by atoms with Crippen LogP contribution in [0.25, 0.3) is 0 Å². The van der Waals surface area contributed by atoms with Crippen LogP contribution in [0.2, 0.25) is 0 Å². The predicted octanol–water partition coefficient (Wildman–Crippen LogP) is 14.2. The van der Waals surface area contributed by atoms with Crippen molar-refractivity contribution >= 4 is 11.9 Å². The van der Waals surface area contributed by atoms with Crippen LogP contribution in [0.1, 0.15) is 169 Å². The Morgan fingerprint density at radius 1 is 0.526 bits per heavy atom. The first-order chi connectivity index (χ1) is 36.0. The van der Waals surface area contributed by atoms with Crippen molar-refractivity contribution in [3.8, 4) is 0 Å². The molecule has 6 unspecified atom stereocenters. The summed E-state index contributed by atoms with van der Waals surface area (Å²) in [5.74, 6) is 0.0961. The van der Waals surface area contributed by atoms with Crippen molar-refractivity contribution in [2.24, 2.45) is 45.3 Å². The molecule has 20 heteroatoms. The van der Waals surface area contributed by atoms with Crippen molar-refractivity contribution < 1.29 is 92.2 Å². The summed E-state index contributed by atoms with van der Waals surface area (Å²) in [6, 6.07) is 0. The van der Waals surface area contributed by atoms with Crippen LogP contribution in [0.4, 0.5) is 52.7 Å². The highest BCUT2D eigenvalue weighted by molar-refractivity contribution is 5.67. The average Bonchev–Trinajstić information content (AvgIpc) is 4.28. The van der Waals surface area contributed by atoms with Gasteiger partial charge >= 0.3 is 36.6 Å². The predicted molar refractivity (Wildman–Crippen MR) is 264 cm³/mol. The molecular weight excluding hydrogens is 1050 g/mol. The number of ether oxygens (including phenoxy) is 2. The van der Waals surface area contributed by atoms with Crippen LogP contribution in [0.3, 0.4) is 0 Å². The lowest BCUT2D eigenvalue weighted by Gasteiger charge is -2.45. The maximum atomic E-state index is 13.1. The van der Waals surface area contributed by atoms with Gasteiger partial charge in [-0.25, -0.2) is 0 Å². The molecular formula is C58H76F12O8. The largest absolute Gasteiger partial charge is 0.462 e. The minimum absolute atomic E-state index is 0.0621. The molecule has 0 amide bonds. The highest BCUT2D eigenvalue weighted by Gasteiger charge is 2.70. The van der Waals surface area contributed by atoms with Crippen molar-refractivity contribution in [3.63, 3.8) is 0 Å². The topological polar surface area (TPSA) is 134 Å². The number of aliphatic hydroxyl groups excluding tert-OH is 2. The smallest absolute Gasteiger partial charge is 0.429 e. The summed E-state index contributed by atoms with van der Waals surface area (Å²) in [5, 5.41) is 38.9. The Hall–Kier alpha value is -3.62. The number of aliphatic hydroxyl groups is 4. The zero-order chi connectivity index (χ0) is 57.7. The molecule has 0 heterocycles. The molecule has 440 valence electrons. The first kappa shape index (κ1) is 62.0. The number of esters is 2. The number of fused-ring (bicyclic) bond motifs is 2. The van der Waals surface area contributed by atoms with E-state index in [0.29, 0.717) is 44.4 Å². The fourth-order valence-corrected chi connectivity index (χ4v) is 15.5. The maximum Gasteiger partial charge on any atom is 0.429 e. The van der Waals surface area contributed by atoms with Crippen LogP contribution in [0.5, 0.6) is 0 Å². The number of hydrogen-bond donors (Lipinski definition) is 4. The summed E-state index contributed by atoms with van der Waals surface area (Å²) in [6.45, 7) is 7.11. The van der Waals surface area contributed by atoms with Crippen LogP contribution < -0.4 is 0 Å². The SMILES string of the molecule is CC(=O)OC1CC(=C/C=C2\CCC[C@@]3(C)C2CCC3C2(C/C=C\C(O)(C(F)(F)F)C(F)(F)F)CC2)C[C@@H](OC(C)=O)C1.C[C@]12CCC/C(=C\C=C3CC(O)C[C@H](O)C3)C1CCC2C1(C/C=C\C(O)(C(F)(F)F)C(F)(F)F)CC1. The normalized spacial score (nSPS) is 35.4. The zero-order valence-corrected chi connectivity index (χ0v) is 44.8. The van der Waals surface area contributed by atoms with E-state index in [1.54, 1.807) is 0 Å². The molecule has 0 aromatic carbocycles. The van der Waals surface area contributed by atoms with E-state index in [9.17, 15) is 82.7 Å². The molecule has 4 N–H and O–H groups in total. The van der Waals surface area contributed by atoms with Gasteiger partial charge in [0.15, 0.2) is 0 Å². The van der Waals surface area contributed by atoms with Crippen LogP contribution in [-0.2, 0) is 19.1 Å². The van der Waals surface area contributed by atoms with Crippen molar-refractivity contribution in [1.29, 1.82) is 0 Å². The van der Waals surface area contributed by atoms with Gasteiger partial charge in [-0.05, 0) is 179 Å². The van der Waals surface area contributed by atoms with Gasteiger partial charge in [0, 0.05) is 33.1 Å². The Balaban J connectivity index is 0.000000229.